The number of carbonyl (C=O) groups is 3. The molecule has 2 N–H and O–H groups in total. The molecule has 178 valence electrons. The molecule has 0 aromatic heterocycles. The molecule has 0 spiro atoms. The maximum Gasteiger partial charge on any atom is 0.407 e. The molecule has 3 aliphatic rings. The fourth-order valence-corrected chi connectivity index (χ4v) is 5.54. The minimum Gasteiger partial charge on any atom is -0.479 e. The third-order valence-electron chi connectivity index (χ3n) is 7.26. The van der Waals surface area contributed by atoms with Crippen molar-refractivity contribution in [1.29, 1.82) is 0 Å². The first kappa shape index (κ1) is 22.4. The molecule has 8 nitrogen and oxygen atoms in total. The van der Waals surface area contributed by atoms with Crippen LogP contribution in [0.25, 0.3) is 11.1 Å². The lowest BCUT2D eigenvalue weighted by Crippen LogP contribution is -2.46. The number of fused-ring (bicyclic) bond motifs is 4. The summed E-state index contributed by atoms with van der Waals surface area (Å²) in [5, 5.41) is 12.3. The van der Waals surface area contributed by atoms with Crippen molar-refractivity contribution in [3.05, 3.63) is 59.7 Å². The minimum atomic E-state index is -1.29. The van der Waals surface area contributed by atoms with E-state index in [0.717, 1.165) is 22.3 Å². The Labute approximate surface area is 197 Å². The average molecular weight is 465 g/mol. The van der Waals surface area contributed by atoms with Crippen LogP contribution in [0.3, 0.4) is 0 Å². The Kier molecular flexibility index (Phi) is 5.77. The fourth-order valence-electron chi connectivity index (χ4n) is 5.54. The number of nitrogens with one attached hydrogen (secondary N) is 1. The van der Waals surface area contributed by atoms with Crippen LogP contribution in [0, 0.1) is 5.92 Å². The predicted molar refractivity (Wildman–Crippen MR) is 123 cm³/mol. The van der Waals surface area contributed by atoms with Crippen LogP contribution < -0.4 is 5.32 Å². The summed E-state index contributed by atoms with van der Waals surface area (Å²) < 4.78 is 11.1. The highest BCUT2D eigenvalue weighted by atomic mass is 16.5. The van der Waals surface area contributed by atoms with E-state index in [1.165, 1.54) is 4.90 Å². The number of rotatable bonds is 6. The summed E-state index contributed by atoms with van der Waals surface area (Å²) in [6, 6.07) is 15.8. The molecule has 0 radical (unpaired) electrons. The molecular formula is C26H28N2O6. The number of ether oxygens (including phenoxy) is 2. The first-order chi connectivity index (χ1) is 16.4. The van der Waals surface area contributed by atoms with Crippen LogP contribution in [-0.2, 0) is 19.1 Å². The normalized spacial score (nSPS) is 23.7. The van der Waals surface area contributed by atoms with Gasteiger partial charge in [-0.25, -0.2) is 9.59 Å². The number of amides is 2. The maximum atomic E-state index is 12.8. The van der Waals surface area contributed by atoms with Gasteiger partial charge < -0.3 is 24.8 Å². The molecule has 2 aromatic rings. The zero-order chi connectivity index (χ0) is 23.9. The Hall–Kier alpha value is -3.39. The second-order valence-electron chi connectivity index (χ2n) is 9.38. The number of carboxylic acid groups (broad SMARTS) is 1. The van der Waals surface area contributed by atoms with Gasteiger partial charge in [-0.15, -0.1) is 0 Å². The van der Waals surface area contributed by atoms with Crippen molar-refractivity contribution in [2.24, 2.45) is 5.92 Å². The Bertz CT molecular complexity index is 1090. The van der Waals surface area contributed by atoms with E-state index in [2.05, 4.69) is 29.6 Å². The summed E-state index contributed by atoms with van der Waals surface area (Å²) in [7, 11) is 0. The first-order valence-corrected chi connectivity index (χ1v) is 11.7. The SMILES string of the molecule is C[C@@H](CC(=O)N1CC2CCOC2(C(=O)O)C1)NC(=O)OCC1c2ccccc2-c2ccccc21. The molecule has 2 unspecified atom stereocenters. The minimum absolute atomic E-state index is 0.0358. The van der Waals surface area contributed by atoms with Crippen LogP contribution in [0.5, 0.6) is 0 Å². The number of hydrogen-bond donors (Lipinski definition) is 2. The Morgan fingerprint density at radius 2 is 1.79 bits per heavy atom. The first-order valence-electron chi connectivity index (χ1n) is 11.7. The summed E-state index contributed by atoms with van der Waals surface area (Å²) in [5.41, 5.74) is 3.29. The number of carboxylic acids is 1. The predicted octanol–water partition coefficient (Wildman–Crippen LogP) is 3.01. The summed E-state index contributed by atoms with van der Waals surface area (Å²) in [5.74, 6) is -1.45. The van der Waals surface area contributed by atoms with Crippen molar-refractivity contribution in [1.82, 2.24) is 10.2 Å². The van der Waals surface area contributed by atoms with Gasteiger partial charge in [0.25, 0.3) is 0 Å². The number of carbonyl (C=O) groups excluding carboxylic acids is 2. The van der Waals surface area contributed by atoms with E-state index in [4.69, 9.17) is 9.47 Å². The highest BCUT2D eigenvalue weighted by molar-refractivity contribution is 5.84. The van der Waals surface area contributed by atoms with Gasteiger partial charge in [0.2, 0.25) is 5.91 Å². The van der Waals surface area contributed by atoms with Gasteiger partial charge in [-0.05, 0) is 35.6 Å². The zero-order valence-corrected chi connectivity index (χ0v) is 19.0. The Balaban J connectivity index is 1.15. The monoisotopic (exact) mass is 464 g/mol. The van der Waals surface area contributed by atoms with E-state index < -0.39 is 23.7 Å². The van der Waals surface area contributed by atoms with E-state index in [1.807, 2.05) is 24.3 Å². The molecule has 1 aliphatic carbocycles. The summed E-state index contributed by atoms with van der Waals surface area (Å²) >= 11 is 0. The number of nitrogens with zero attached hydrogens (tertiary/aromatic N) is 1. The van der Waals surface area contributed by atoms with Crippen LogP contribution >= 0.6 is 0 Å². The van der Waals surface area contributed by atoms with Crippen molar-refractivity contribution >= 4 is 18.0 Å². The van der Waals surface area contributed by atoms with Gasteiger partial charge in [-0.3, -0.25) is 4.79 Å². The van der Waals surface area contributed by atoms with Crippen molar-refractivity contribution in [2.75, 3.05) is 26.3 Å². The lowest BCUT2D eigenvalue weighted by molar-refractivity contribution is -0.161. The van der Waals surface area contributed by atoms with Crippen LogP contribution in [0.2, 0.25) is 0 Å². The second-order valence-corrected chi connectivity index (χ2v) is 9.38. The van der Waals surface area contributed by atoms with Crippen molar-refractivity contribution in [2.45, 2.75) is 37.3 Å². The lowest BCUT2D eigenvalue weighted by Gasteiger charge is -2.24. The zero-order valence-electron chi connectivity index (χ0n) is 19.0. The van der Waals surface area contributed by atoms with E-state index >= 15 is 0 Å². The molecule has 8 heteroatoms. The number of hydrogen-bond acceptors (Lipinski definition) is 5. The Morgan fingerprint density at radius 1 is 1.15 bits per heavy atom. The van der Waals surface area contributed by atoms with Crippen molar-refractivity contribution in [3.8, 4) is 11.1 Å². The highest BCUT2D eigenvalue weighted by Crippen LogP contribution is 2.44. The largest absolute Gasteiger partial charge is 0.479 e. The van der Waals surface area contributed by atoms with Gasteiger partial charge in [-0.1, -0.05) is 48.5 Å². The van der Waals surface area contributed by atoms with Gasteiger partial charge in [0.05, 0.1) is 6.54 Å². The van der Waals surface area contributed by atoms with Crippen LogP contribution in [0.1, 0.15) is 36.8 Å². The summed E-state index contributed by atoms with van der Waals surface area (Å²) in [6.07, 6.45) is 0.113. The van der Waals surface area contributed by atoms with Crippen LogP contribution in [0.4, 0.5) is 4.79 Å². The second kappa shape index (κ2) is 8.76. The van der Waals surface area contributed by atoms with E-state index in [0.29, 0.717) is 19.6 Å². The highest BCUT2D eigenvalue weighted by Gasteiger charge is 2.57. The van der Waals surface area contributed by atoms with Gasteiger partial charge >= 0.3 is 12.1 Å². The lowest BCUT2D eigenvalue weighted by atomic mass is 9.91. The van der Waals surface area contributed by atoms with Crippen molar-refractivity contribution < 1.29 is 29.0 Å². The summed E-state index contributed by atoms with van der Waals surface area (Å²) in [6.45, 7) is 2.75. The van der Waals surface area contributed by atoms with Gasteiger partial charge in [0, 0.05) is 37.5 Å². The molecule has 2 aromatic carbocycles. The standard InChI is InChI=1S/C26H28N2O6/c1-16(12-23(29)28-13-17-10-11-34-26(17,15-28)24(30)31)27-25(32)33-14-22-20-8-4-2-6-18(20)19-7-3-5-9-21(19)22/h2-9,16-17,22H,10-15H2,1H3,(H,27,32)(H,30,31)/t16-,17?,26?/m0/s1. The third kappa shape index (κ3) is 3.81. The quantitative estimate of drug-likeness (QED) is 0.681. The maximum absolute atomic E-state index is 12.8. The molecule has 0 saturated carbocycles. The topological polar surface area (TPSA) is 105 Å². The molecule has 0 bridgehead atoms. The molecule has 2 amide bonds. The smallest absolute Gasteiger partial charge is 0.407 e. The molecule has 5 rings (SSSR count). The van der Waals surface area contributed by atoms with Gasteiger partial charge in [0.15, 0.2) is 5.60 Å². The third-order valence-corrected chi connectivity index (χ3v) is 7.26. The molecule has 2 aliphatic heterocycles. The number of aliphatic carboxylic acids is 1. The van der Waals surface area contributed by atoms with Crippen molar-refractivity contribution in [3.63, 3.8) is 0 Å². The molecule has 2 saturated heterocycles. The Morgan fingerprint density at radius 3 is 2.41 bits per heavy atom. The van der Waals surface area contributed by atoms with E-state index in [9.17, 15) is 19.5 Å². The molecule has 34 heavy (non-hydrogen) atoms. The molecule has 3 atom stereocenters. The van der Waals surface area contributed by atoms with Crippen LogP contribution in [-0.4, -0.2) is 65.9 Å². The van der Waals surface area contributed by atoms with Crippen LogP contribution in [0.15, 0.2) is 48.5 Å². The fraction of sp³-hybridized carbons (Fsp3) is 0.423. The van der Waals surface area contributed by atoms with Gasteiger partial charge in [-0.2, -0.15) is 0 Å². The van der Waals surface area contributed by atoms with E-state index in [1.54, 1.807) is 6.92 Å². The van der Waals surface area contributed by atoms with E-state index in [-0.39, 0.29) is 37.3 Å². The number of benzene rings is 2. The molecular weight excluding hydrogens is 436 g/mol. The summed E-state index contributed by atoms with van der Waals surface area (Å²) in [4.78, 5) is 38.5. The molecule has 2 fully saturated rings. The average Bonchev–Trinajstić information content (AvgIpc) is 3.47. The molecule has 2 heterocycles. The number of likely N-dealkylation sites (tertiary alicyclic amines) is 1. The van der Waals surface area contributed by atoms with Gasteiger partial charge in [0.1, 0.15) is 6.61 Å². The number of alkyl carbamates (subject to hydrolysis) is 1.